The molecule has 0 fully saturated rings. The predicted molar refractivity (Wildman–Crippen MR) is 71.2 cm³/mol. The van der Waals surface area contributed by atoms with Crippen molar-refractivity contribution in [1.29, 1.82) is 0 Å². The molecule has 0 amide bonds. The Morgan fingerprint density at radius 1 is 1.14 bits per heavy atom. The van der Waals surface area contributed by atoms with Gasteiger partial charge in [-0.2, -0.15) is 0 Å². The molecular formula is C14H18O7. The van der Waals surface area contributed by atoms with Gasteiger partial charge in [0.2, 0.25) is 0 Å². The lowest BCUT2D eigenvalue weighted by Gasteiger charge is -2.25. The van der Waals surface area contributed by atoms with Gasteiger partial charge in [0.25, 0.3) is 0 Å². The van der Waals surface area contributed by atoms with Crippen molar-refractivity contribution in [3.8, 4) is 0 Å². The van der Waals surface area contributed by atoms with Crippen LogP contribution in [0.1, 0.15) is 5.56 Å². The third-order valence-corrected chi connectivity index (χ3v) is 2.86. The lowest BCUT2D eigenvalue weighted by atomic mass is 10.0. The molecule has 0 radical (unpaired) electrons. The van der Waals surface area contributed by atoms with Crippen LogP contribution in [-0.4, -0.2) is 63.7 Å². The lowest BCUT2D eigenvalue weighted by Crippen LogP contribution is -2.48. The smallest absolute Gasteiger partial charge is 0.311 e. The van der Waals surface area contributed by atoms with Crippen LogP contribution in [0, 0.1) is 0 Å². The number of rotatable bonds is 8. The molecule has 4 N–H and O–H groups in total. The summed E-state index contributed by atoms with van der Waals surface area (Å²) in [6, 6.07) is 8.63. The second kappa shape index (κ2) is 8.48. The van der Waals surface area contributed by atoms with Crippen molar-refractivity contribution in [1.82, 2.24) is 0 Å². The van der Waals surface area contributed by atoms with Crippen molar-refractivity contribution in [2.75, 3.05) is 6.61 Å². The van der Waals surface area contributed by atoms with Gasteiger partial charge in [-0.3, -0.25) is 9.59 Å². The molecule has 0 aliphatic carbocycles. The number of aldehydes is 1. The molecule has 0 saturated heterocycles. The summed E-state index contributed by atoms with van der Waals surface area (Å²) in [5.74, 6) is -0.761. The molecule has 21 heavy (non-hydrogen) atoms. The highest BCUT2D eigenvalue weighted by molar-refractivity contribution is 5.75. The molecule has 0 bridgehead atoms. The number of esters is 1. The highest BCUT2D eigenvalue weighted by Crippen LogP contribution is 2.09. The number of aliphatic hydroxyl groups is 4. The Kier molecular flexibility index (Phi) is 6.97. The molecule has 0 aliphatic rings. The van der Waals surface area contributed by atoms with Crippen LogP contribution in [0.3, 0.4) is 0 Å². The van der Waals surface area contributed by atoms with Crippen molar-refractivity contribution >= 4 is 12.3 Å². The Balaban J connectivity index is 2.60. The van der Waals surface area contributed by atoms with E-state index in [0.29, 0.717) is 5.56 Å². The minimum atomic E-state index is -1.83. The average molecular weight is 298 g/mol. The number of ether oxygens (including phenoxy) is 1. The van der Waals surface area contributed by atoms with Crippen LogP contribution in [-0.2, 0) is 20.7 Å². The minimum absolute atomic E-state index is 0.101. The van der Waals surface area contributed by atoms with E-state index in [1.165, 1.54) is 0 Å². The first kappa shape index (κ1) is 17.3. The normalized spacial score (nSPS) is 16.6. The first-order chi connectivity index (χ1) is 9.99. The predicted octanol–water partition coefficient (Wildman–Crippen LogP) is -1.59. The van der Waals surface area contributed by atoms with Gasteiger partial charge in [0.1, 0.15) is 18.3 Å². The summed E-state index contributed by atoms with van der Waals surface area (Å²) >= 11 is 0. The summed E-state index contributed by atoms with van der Waals surface area (Å²) in [4.78, 5) is 22.5. The molecule has 0 unspecified atom stereocenters. The molecule has 1 rings (SSSR count). The Bertz CT molecular complexity index is 448. The third-order valence-electron chi connectivity index (χ3n) is 2.86. The number of hydrogen-bond acceptors (Lipinski definition) is 7. The molecule has 116 valence electrons. The van der Waals surface area contributed by atoms with Crippen molar-refractivity contribution in [3.05, 3.63) is 35.9 Å². The van der Waals surface area contributed by atoms with Gasteiger partial charge in [0, 0.05) is 0 Å². The Labute approximate surface area is 121 Å². The van der Waals surface area contributed by atoms with E-state index in [-0.39, 0.29) is 12.7 Å². The zero-order valence-electron chi connectivity index (χ0n) is 11.2. The summed E-state index contributed by atoms with van der Waals surface area (Å²) in [5.41, 5.74) is 0.664. The summed E-state index contributed by atoms with van der Waals surface area (Å²) < 4.78 is 4.77. The van der Waals surface area contributed by atoms with E-state index in [1.807, 2.05) is 0 Å². The maximum atomic E-state index is 11.7. The van der Waals surface area contributed by atoms with Gasteiger partial charge in [-0.1, -0.05) is 30.3 Å². The number of hydrogen-bond donors (Lipinski definition) is 4. The summed E-state index contributed by atoms with van der Waals surface area (Å²) in [5, 5.41) is 37.0. The van der Waals surface area contributed by atoms with Gasteiger partial charge in [0.15, 0.2) is 12.4 Å². The highest BCUT2D eigenvalue weighted by Gasteiger charge is 2.33. The van der Waals surface area contributed by atoms with E-state index in [9.17, 15) is 24.9 Å². The molecule has 1 aromatic carbocycles. The molecule has 0 aliphatic heterocycles. The first-order valence-electron chi connectivity index (χ1n) is 6.33. The van der Waals surface area contributed by atoms with Crippen LogP contribution >= 0.6 is 0 Å². The summed E-state index contributed by atoms with van der Waals surface area (Å²) in [6.45, 7) is -0.804. The molecule has 0 aromatic heterocycles. The Morgan fingerprint density at radius 3 is 2.29 bits per heavy atom. The van der Waals surface area contributed by atoms with Crippen LogP contribution < -0.4 is 0 Å². The van der Waals surface area contributed by atoms with Gasteiger partial charge in [-0.15, -0.1) is 0 Å². The van der Waals surface area contributed by atoms with E-state index >= 15 is 0 Å². The zero-order valence-corrected chi connectivity index (χ0v) is 11.2. The fourth-order valence-electron chi connectivity index (χ4n) is 1.66. The molecule has 1 aromatic rings. The van der Waals surface area contributed by atoms with Crippen LogP contribution in [0.5, 0.6) is 0 Å². The molecule has 0 spiro atoms. The van der Waals surface area contributed by atoms with E-state index in [4.69, 9.17) is 9.84 Å². The van der Waals surface area contributed by atoms with Crippen molar-refractivity contribution in [2.45, 2.75) is 30.8 Å². The first-order valence-corrected chi connectivity index (χ1v) is 6.33. The van der Waals surface area contributed by atoms with Gasteiger partial charge in [-0.25, -0.2) is 0 Å². The van der Waals surface area contributed by atoms with E-state index in [0.717, 1.165) is 0 Å². The SMILES string of the molecule is O=C[C@H](OC(=O)Cc1ccccc1)[C@@H](O)[C@H](O)[C@H](O)CO. The van der Waals surface area contributed by atoms with Crippen LogP contribution in [0.2, 0.25) is 0 Å². The number of aliphatic hydroxyl groups excluding tert-OH is 4. The highest BCUT2D eigenvalue weighted by atomic mass is 16.6. The monoisotopic (exact) mass is 298 g/mol. The topological polar surface area (TPSA) is 124 Å². The molecule has 0 saturated carbocycles. The molecule has 7 heteroatoms. The van der Waals surface area contributed by atoms with Gasteiger partial charge >= 0.3 is 5.97 Å². The quantitative estimate of drug-likeness (QED) is 0.337. The number of carbonyl (C=O) groups is 2. The Hall–Kier alpha value is -1.80. The van der Waals surface area contributed by atoms with Gasteiger partial charge < -0.3 is 25.2 Å². The van der Waals surface area contributed by atoms with Gasteiger partial charge in [-0.05, 0) is 5.56 Å². The second-order valence-corrected chi connectivity index (χ2v) is 4.48. The molecule has 0 heterocycles. The Morgan fingerprint density at radius 2 is 1.76 bits per heavy atom. The maximum absolute atomic E-state index is 11.7. The van der Waals surface area contributed by atoms with Gasteiger partial charge in [0.05, 0.1) is 13.0 Å². The van der Waals surface area contributed by atoms with E-state index in [2.05, 4.69) is 0 Å². The summed E-state index contributed by atoms with van der Waals surface area (Å²) in [7, 11) is 0. The maximum Gasteiger partial charge on any atom is 0.311 e. The molecule has 4 atom stereocenters. The fourth-order valence-corrected chi connectivity index (χ4v) is 1.66. The van der Waals surface area contributed by atoms with Crippen molar-refractivity contribution in [3.63, 3.8) is 0 Å². The zero-order chi connectivity index (χ0) is 15.8. The molecular weight excluding hydrogens is 280 g/mol. The van der Waals surface area contributed by atoms with Crippen LogP contribution in [0.4, 0.5) is 0 Å². The third kappa shape index (κ3) is 5.24. The van der Waals surface area contributed by atoms with Crippen LogP contribution in [0.15, 0.2) is 30.3 Å². The van der Waals surface area contributed by atoms with Crippen molar-refractivity contribution < 1.29 is 34.8 Å². The van der Waals surface area contributed by atoms with Crippen LogP contribution in [0.25, 0.3) is 0 Å². The summed E-state index contributed by atoms with van der Waals surface area (Å²) in [6.07, 6.45) is -6.86. The standard InChI is InChI=1S/C14H18O7/c15-7-10(17)13(19)14(20)11(8-16)21-12(18)6-9-4-2-1-3-5-9/h1-5,8,10-11,13-15,17,19-20H,6-7H2/t10-,11+,13-,14-/m1/s1. The minimum Gasteiger partial charge on any atom is -0.451 e. The average Bonchev–Trinajstić information content (AvgIpc) is 2.51. The van der Waals surface area contributed by atoms with E-state index in [1.54, 1.807) is 30.3 Å². The lowest BCUT2D eigenvalue weighted by molar-refractivity contribution is -0.167. The van der Waals surface area contributed by atoms with E-state index < -0.39 is 37.0 Å². The number of benzene rings is 1. The largest absolute Gasteiger partial charge is 0.451 e. The second-order valence-electron chi connectivity index (χ2n) is 4.48. The fraction of sp³-hybridized carbons (Fsp3) is 0.429. The number of carbonyl (C=O) groups excluding carboxylic acids is 2. The van der Waals surface area contributed by atoms with Crippen molar-refractivity contribution in [2.24, 2.45) is 0 Å². The molecule has 7 nitrogen and oxygen atoms in total.